The van der Waals surface area contributed by atoms with E-state index in [4.69, 9.17) is 0 Å². The van der Waals surface area contributed by atoms with Crippen LogP contribution in [0.5, 0.6) is 0 Å². The third-order valence-corrected chi connectivity index (χ3v) is 5.18. The zero-order chi connectivity index (χ0) is 20.1. The molecule has 2 rings (SSSR count). The molecule has 0 aliphatic heterocycles. The summed E-state index contributed by atoms with van der Waals surface area (Å²) in [6.07, 6.45) is 4.28. The van der Waals surface area contributed by atoms with Gasteiger partial charge in [-0.25, -0.2) is 13.2 Å². The van der Waals surface area contributed by atoms with Gasteiger partial charge in [0.05, 0.1) is 18.3 Å². The number of amides is 2. The first kappa shape index (κ1) is 21.2. The van der Waals surface area contributed by atoms with Crippen LogP contribution < -0.4 is 10.6 Å². The van der Waals surface area contributed by atoms with Gasteiger partial charge in [-0.1, -0.05) is 19.8 Å². The van der Waals surface area contributed by atoms with Crippen LogP contribution in [0, 0.1) is 23.4 Å². The Morgan fingerprint density at radius 2 is 1.85 bits per heavy atom. The maximum absolute atomic E-state index is 13.6. The van der Waals surface area contributed by atoms with E-state index in [1.807, 2.05) is 0 Å². The number of rotatable bonds is 6. The van der Waals surface area contributed by atoms with Gasteiger partial charge in [-0.3, -0.25) is 14.5 Å². The number of benzene rings is 1. The molecule has 0 radical (unpaired) electrons. The summed E-state index contributed by atoms with van der Waals surface area (Å²) in [5.41, 5.74) is -0.444. The van der Waals surface area contributed by atoms with Crippen molar-refractivity contribution in [3.8, 4) is 0 Å². The fourth-order valence-corrected chi connectivity index (χ4v) is 3.21. The molecule has 0 unspecified atom stereocenters. The number of hydrogen-bond acceptors (Lipinski definition) is 3. The van der Waals surface area contributed by atoms with Crippen LogP contribution in [0.15, 0.2) is 12.1 Å². The second-order valence-corrected chi connectivity index (χ2v) is 7.24. The van der Waals surface area contributed by atoms with E-state index in [-0.39, 0.29) is 18.5 Å². The van der Waals surface area contributed by atoms with Gasteiger partial charge < -0.3 is 10.6 Å². The molecule has 1 fully saturated rings. The molecule has 8 heteroatoms. The Morgan fingerprint density at radius 1 is 1.19 bits per heavy atom. The highest BCUT2D eigenvalue weighted by molar-refractivity contribution is 5.93. The molecule has 150 valence electrons. The topological polar surface area (TPSA) is 61.4 Å². The number of nitrogens with one attached hydrogen (secondary N) is 2. The van der Waals surface area contributed by atoms with E-state index in [0.29, 0.717) is 5.92 Å². The normalized spacial score (nSPS) is 21.0. The van der Waals surface area contributed by atoms with Crippen molar-refractivity contribution < 1.29 is 22.8 Å². The summed E-state index contributed by atoms with van der Waals surface area (Å²) in [5.74, 6) is -4.82. The van der Waals surface area contributed by atoms with Crippen LogP contribution >= 0.6 is 0 Å². The van der Waals surface area contributed by atoms with Gasteiger partial charge in [-0.2, -0.15) is 0 Å². The molecule has 3 atom stereocenters. The van der Waals surface area contributed by atoms with Gasteiger partial charge in [0.15, 0.2) is 17.5 Å². The molecule has 0 heterocycles. The summed E-state index contributed by atoms with van der Waals surface area (Å²) in [7, 11) is 1.59. The summed E-state index contributed by atoms with van der Waals surface area (Å²) in [6, 6.07) is 1.25. The number of halogens is 3. The van der Waals surface area contributed by atoms with Crippen LogP contribution in [-0.2, 0) is 9.59 Å². The highest BCUT2D eigenvalue weighted by Gasteiger charge is 2.27. The third-order valence-electron chi connectivity index (χ3n) is 5.18. The van der Waals surface area contributed by atoms with Crippen LogP contribution in [0.25, 0.3) is 0 Å². The van der Waals surface area contributed by atoms with Crippen molar-refractivity contribution in [3.05, 3.63) is 29.6 Å². The lowest BCUT2D eigenvalue weighted by Crippen LogP contribution is -2.50. The summed E-state index contributed by atoms with van der Waals surface area (Å²) in [4.78, 5) is 26.0. The second-order valence-electron chi connectivity index (χ2n) is 7.24. The second kappa shape index (κ2) is 9.21. The number of nitrogens with zero attached hydrogens (tertiary/aromatic N) is 1. The molecule has 1 aromatic rings. The monoisotopic (exact) mass is 385 g/mol. The Balaban J connectivity index is 1.89. The van der Waals surface area contributed by atoms with E-state index in [1.165, 1.54) is 11.3 Å². The largest absolute Gasteiger partial charge is 0.352 e. The Labute approximate surface area is 157 Å². The van der Waals surface area contributed by atoms with Crippen molar-refractivity contribution in [1.82, 2.24) is 10.2 Å². The van der Waals surface area contributed by atoms with Gasteiger partial charge in [-0.05, 0) is 44.9 Å². The number of likely N-dealkylation sites (N-methyl/N-ethyl adjacent to an activating group) is 1. The average Bonchev–Trinajstić information content (AvgIpc) is 2.63. The summed E-state index contributed by atoms with van der Waals surface area (Å²) in [5, 5.41) is 5.23. The first-order chi connectivity index (χ1) is 12.7. The van der Waals surface area contributed by atoms with Crippen molar-refractivity contribution >= 4 is 17.5 Å². The molecule has 0 aromatic heterocycles. The number of carbonyl (C=O) groups is 2. The lowest BCUT2D eigenvalue weighted by atomic mass is 9.86. The molecule has 5 nitrogen and oxygen atoms in total. The van der Waals surface area contributed by atoms with Gasteiger partial charge in [0.25, 0.3) is 0 Å². The van der Waals surface area contributed by atoms with Gasteiger partial charge in [0, 0.05) is 6.04 Å². The molecule has 2 amide bonds. The van der Waals surface area contributed by atoms with Crippen molar-refractivity contribution in [2.24, 2.45) is 5.92 Å². The zero-order valence-electron chi connectivity index (χ0n) is 15.8. The van der Waals surface area contributed by atoms with Crippen molar-refractivity contribution in [2.75, 3.05) is 18.9 Å². The molecular formula is C19H26F3N3O2. The molecule has 1 aliphatic rings. The lowest BCUT2D eigenvalue weighted by molar-refractivity contribution is -0.127. The molecular weight excluding hydrogens is 359 g/mol. The van der Waals surface area contributed by atoms with Crippen molar-refractivity contribution in [2.45, 2.75) is 51.6 Å². The van der Waals surface area contributed by atoms with E-state index in [0.717, 1.165) is 31.4 Å². The predicted molar refractivity (Wildman–Crippen MR) is 96.6 cm³/mol. The molecule has 1 aromatic carbocycles. The standard InChI is InChI=1S/C19H26F3N3O2/c1-11-6-4-5-7-14(11)24-19(27)12(2)25(3)10-16(26)23-15-9-8-13(20)17(21)18(15)22/h8-9,11-12,14H,4-7,10H2,1-3H3,(H,23,26)(H,24,27)/t11-,12-,14-/m1/s1. The minimum atomic E-state index is -1.64. The maximum Gasteiger partial charge on any atom is 0.238 e. The predicted octanol–water partition coefficient (Wildman–Crippen LogP) is 3.06. The van der Waals surface area contributed by atoms with Gasteiger partial charge in [-0.15, -0.1) is 0 Å². The summed E-state index contributed by atoms with van der Waals surface area (Å²) < 4.78 is 39.8. The van der Waals surface area contributed by atoms with E-state index in [1.54, 1.807) is 14.0 Å². The Hall–Kier alpha value is -2.09. The summed E-state index contributed by atoms with van der Waals surface area (Å²) in [6.45, 7) is 3.59. The van der Waals surface area contributed by atoms with Crippen LogP contribution in [0.2, 0.25) is 0 Å². The SMILES string of the molecule is C[C@@H]1CCCC[C@H]1NC(=O)[C@@H](C)N(C)CC(=O)Nc1ccc(F)c(F)c1F. The summed E-state index contributed by atoms with van der Waals surface area (Å²) >= 11 is 0. The van der Waals surface area contributed by atoms with Gasteiger partial charge >= 0.3 is 0 Å². The lowest BCUT2D eigenvalue weighted by Gasteiger charge is -2.32. The van der Waals surface area contributed by atoms with Crippen LogP contribution in [0.4, 0.5) is 18.9 Å². The van der Waals surface area contributed by atoms with Crippen LogP contribution in [0.1, 0.15) is 39.5 Å². The average molecular weight is 385 g/mol. The molecule has 0 bridgehead atoms. The third kappa shape index (κ3) is 5.45. The Kier molecular flexibility index (Phi) is 7.24. The molecule has 27 heavy (non-hydrogen) atoms. The van der Waals surface area contributed by atoms with Crippen molar-refractivity contribution in [3.63, 3.8) is 0 Å². The molecule has 0 saturated heterocycles. The van der Waals surface area contributed by atoms with Crippen molar-refractivity contribution in [1.29, 1.82) is 0 Å². The maximum atomic E-state index is 13.6. The quantitative estimate of drug-likeness (QED) is 0.740. The number of anilines is 1. The molecule has 0 spiro atoms. The first-order valence-corrected chi connectivity index (χ1v) is 9.14. The van der Waals surface area contributed by atoms with Crippen LogP contribution in [0.3, 0.4) is 0 Å². The van der Waals surface area contributed by atoms with Crippen LogP contribution in [-0.4, -0.2) is 42.4 Å². The zero-order valence-corrected chi connectivity index (χ0v) is 15.8. The minimum Gasteiger partial charge on any atom is -0.352 e. The smallest absolute Gasteiger partial charge is 0.238 e. The van der Waals surface area contributed by atoms with E-state index in [9.17, 15) is 22.8 Å². The van der Waals surface area contributed by atoms with Gasteiger partial charge in [0.2, 0.25) is 11.8 Å². The molecule has 1 saturated carbocycles. The van der Waals surface area contributed by atoms with E-state index >= 15 is 0 Å². The van der Waals surface area contributed by atoms with E-state index < -0.39 is 35.1 Å². The number of carbonyl (C=O) groups excluding carboxylic acids is 2. The first-order valence-electron chi connectivity index (χ1n) is 9.14. The highest BCUT2D eigenvalue weighted by atomic mass is 19.2. The van der Waals surface area contributed by atoms with Gasteiger partial charge in [0.1, 0.15) is 0 Å². The Bertz CT molecular complexity index is 699. The fourth-order valence-electron chi connectivity index (χ4n) is 3.21. The van der Waals surface area contributed by atoms with E-state index in [2.05, 4.69) is 17.6 Å². The Morgan fingerprint density at radius 3 is 2.52 bits per heavy atom. The molecule has 1 aliphatic carbocycles. The highest BCUT2D eigenvalue weighted by Crippen LogP contribution is 2.24. The molecule has 2 N–H and O–H groups in total. The minimum absolute atomic E-state index is 0.132. The number of hydrogen-bond donors (Lipinski definition) is 2. The fraction of sp³-hybridized carbons (Fsp3) is 0.579.